The first-order valence-electron chi connectivity index (χ1n) is 6.01. The Hall–Kier alpha value is 0.780. The number of ether oxygens (including phenoxy) is 2. The van der Waals surface area contributed by atoms with Crippen LogP contribution < -0.4 is 0 Å². The lowest BCUT2D eigenvalue weighted by Crippen LogP contribution is -2.34. The summed E-state index contributed by atoms with van der Waals surface area (Å²) < 4.78 is 11.9. The molecule has 2 aliphatic heterocycles. The molecule has 88 valence electrons. The molecule has 0 aliphatic carbocycles. The molecule has 4 heteroatoms. The van der Waals surface area contributed by atoms with Gasteiger partial charge in [-0.1, -0.05) is 29.8 Å². The lowest BCUT2D eigenvalue weighted by atomic mass is 10.4. The van der Waals surface area contributed by atoms with Crippen LogP contribution in [0.4, 0.5) is 0 Å². The van der Waals surface area contributed by atoms with Gasteiger partial charge in [0.2, 0.25) is 0 Å². The van der Waals surface area contributed by atoms with Crippen molar-refractivity contribution in [2.24, 2.45) is 0 Å². The largest absolute Gasteiger partial charge is 0.370 e. The van der Waals surface area contributed by atoms with Gasteiger partial charge in [-0.05, 0) is 31.8 Å². The van der Waals surface area contributed by atoms with E-state index in [4.69, 9.17) is 9.47 Å². The van der Waals surface area contributed by atoms with Crippen molar-refractivity contribution in [3.63, 3.8) is 0 Å². The summed E-state index contributed by atoms with van der Waals surface area (Å²) in [7, 11) is 1.02. The van der Waals surface area contributed by atoms with Gasteiger partial charge in [0, 0.05) is 0 Å². The van der Waals surface area contributed by atoms with Crippen LogP contribution in [-0.4, -0.2) is 42.9 Å². The Labute approximate surface area is 96.0 Å². The highest BCUT2D eigenvalue weighted by atomic mass is 31.1. The topological polar surface area (TPSA) is 18.5 Å². The van der Waals surface area contributed by atoms with Gasteiger partial charge in [0.05, 0.1) is 13.2 Å². The standard InChI is InChI=1S/C11H22O2P2/c1-3-4-8-15-9-6-13-11(15,2)10-12-5-7-14-10/h10,14H,3-9H2,1-2H3/t10-,11-,15?/m0/s1. The van der Waals surface area contributed by atoms with E-state index in [-0.39, 0.29) is 13.3 Å². The fourth-order valence-corrected chi connectivity index (χ4v) is 7.19. The van der Waals surface area contributed by atoms with Crippen LogP contribution in [0.3, 0.4) is 0 Å². The second-order valence-corrected chi connectivity index (χ2v) is 8.74. The Morgan fingerprint density at radius 3 is 3.00 bits per heavy atom. The maximum Gasteiger partial charge on any atom is 0.114 e. The summed E-state index contributed by atoms with van der Waals surface area (Å²) in [6, 6.07) is 0. The molecule has 0 bridgehead atoms. The van der Waals surface area contributed by atoms with Crippen molar-refractivity contribution in [1.29, 1.82) is 0 Å². The summed E-state index contributed by atoms with van der Waals surface area (Å²) in [5, 5.41) is 0.0967. The van der Waals surface area contributed by atoms with Crippen molar-refractivity contribution in [3.8, 4) is 0 Å². The molecule has 0 aromatic heterocycles. The molecule has 15 heavy (non-hydrogen) atoms. The second kappa shape index (κ2) is 5.41. The van der Waals surface area contributed by atoms with E-state index in [1.165, 1.54) is 31.3 Å². The number of rotatable bonds is 4. The first-order valence-corrected chi connectivity index (χ1v) is 9.01. The van der Waals surface area contributed by atoms with Crippen LogP contribution in [-0.2, 0) is 9.47 Å². The SMILES string of the molecule is CCCCP1CCO[C@]1(C)[C@H]1OCCP1. The Balaban J connectivity index is 1.97. The minimum absolute atomic E-state index is 0.0522. The Morgan fingerprint density at radius 2 is 2.33 bits per heavy atom. The quantitative estimate of drug-likeness (QED) is 0.712. The van der Waals surface area contributed by atoms with Crippen molar-refractivity contribution in [2.45, 2.75) is 37.9 Å². The third-order valence-corrected chi connectivity index (χ3v) is 8.39. The summed E-state index contributed by atoms with van der Waals surface area (Å²) in [4.78, 5) is 0. The maximum absolute atomic E-state index is 6.04. The number of unbranched alkanes of at least 4 members (excludes halogenated alkanes) is 1. The van der Waals surface area contributed by atoms with Crippen LogP contribution in [0.1, 0.15) is 26.7 Å². The fourth-order valence-electron chi connectivity index (χ4n) is 2.37. The molecular weight excluding hydrogens is 226 g/mol. The summed E-state index contributed by atoms with van der Waals surface area (Å²) in [5.41, 5.74) is 0. The van der Waals surface area contributed by atoms with Gasteiger partial charge in [-0.3, -0.25) is 0 Å². The second-order valence-electron chi connectivity index (χ2n) is 4.45. The fraction of sp³-hybridized carbons (Fsp3) is 1.00. The van der Waals surface area contributed by atoms with E-state index in [2.05, 4.69) is 13.8 Å². The molecule has 2 saturated heterocycles. The first-order chi connectivity index (χ1) is 7.27. The van der Waals surface area contributed by atoms with E-state index in [9.17, 15) is 0 Å². The predicted octanol–water partition coefficient (Wildman–Crippen LogP) is 3.05. The third kappa shape index (κ3) is 2.55. The predicted molar refractivity (Wildman–Crippen MR) is 68.8 cm³/mol. The molecule has 0 spiro atoms. The van der Waals surface area contributed by atoms with Gasteiger partial charge in [0.15, 0.2) is 0 Å². The van der Waals surface area contributed by atoms with E-state index < -0.39 is 0 Å². The molecule has 2 aliphatic rings. The summed E-state index contributed by atoms with van der Waals surface area (Å²) in [6.07, 6.45) is 6.60. The van der Waals surface area contributed by atoms with Gasteiger partial charge < -0.3 is 9.47 Å². The average molecular weight is 248 g/mol. The van der Waals surface area contributed by atoms with Crippen molar-refractivity contribution in [1.82, 2.24) is 0 Å². The van der Waals surface area contributed by atoms with Gasteiger partial charge in [0.1, 0.15) is 11.2 Å². The minimum atomic E-state index is 0.0522. The van der Waals surface area contributed by atoms with Gasteiger partial charge in [-0.2, -0.15) is 0 Å². The first kappa shape index (κ1) is 12.2. The molecule has 0 amide bonds. The van der Waals surface area contributed by atoms with Crippen molar-refractivity contribution in [3.05, 3.63) is 0 Å². The normalized spacial score (nSPS) is 42.8. The summed E-state index contributed by atoms with van der Waals surface area (Å²) in [6.45, 7) is 6.51. The number of hydrogen-bond acceptors (Lipinski definition) is 2. The van der Waals surface area contributed by atoms with Gasteiger partial charge >= 0.3 is 0 Å². The highest BCUT2D eigenvalue weighted by Crippen LogP contribution is 2.61. The van der Waals surface area contributed by atoms with E-state index in [1.54, 1.807) is 0 Å². The van der Waals surface area contributed by atoms with Crippen LogP contribution in [0.25, 0.3) is 0 Å². The van der Waals surface area contributed by atoms with Crippen LogP contribution >= 0.6 is 16.5 Å². The number of hydrogen-bond donors (Lipinski definition) is 0. The van der Waals surface area contributed by atoms with Crippen LogP contribution in [0.15, 0.2) is 0 Å². The molecule has 2 fully saturated rings. The molecule has 0 aromatic rings. The Morgan fingerprint density at radius 1 is 1.47 bits per heavy atom. The van der Waals surface area contributed by atoms with Gasteiger partial charge in [0.25, 0.3) is 0 Å². The van der Waals surface area contributed by atoms with E-state index in [0.29, 0.717) is 5.85 Å². The molecule has 0 radical (unpaired) electrons. The molecule has 0 saturated carbocycles. The maximum atomic E-state index is 6.04. The van der Waals surface area contributed by atoms with Crippen LogP contribution in [0.5, 0.6) is 0 Å². The van der Waals surface area contributed by atoms with Gasteiger partial charge in [-0.25, -0.2) is 0 Å². The molecule has 2 unspecified atom stereocenters. The Bertz CT molecular complexity index is 207. The zero-order valence-electron chi connectivity index (χ0n) is 9.79. The molecule has 2 rings (SSSR count). The molecule has 0 N–H and O–H groups in total. The minimum Gasteiger partial charge on any atom is -0.370 e. The van der Waals surface area contributed by atoms with Crippen molar-refractivity contribution < 1.29 is 9.47 Å². The molecule has 0 aromatic carbocycles. The lowest BCUT2D eigenvalue weighted by Gasteiger charge is -2.35. The van der Waals surface area contributed by atoms with E-state index in [0.717, 1.165) is 21.8 Å². The zero-order valence-corrected chi connectivity index (χ0v) is 11.7. The molecule has 4 atom stereocenters. The molecule has 2 nitrogen and oxygen atoms in total. The smallest absolute Gasteiger partial charge is 0.114 e. The van der Waals surface area contributed by atoms with Crippen molar-refractivity contribution >= 4 is 16.5 Å². The third-order valence-electron chi connectivity index (χ3n) is 3.37. The zero-order chi connectivity index (χ0) is 10.7. The summed E-state index contributed by atoms with van der Waals surface area (Å²) in [5.74, 6) is 0.419. The highest BCUT2D eigenvalue weighted by Gasteiger charge is 2.47. The lowest BCUT2D eigenvalue weighted by molar-refractivity contribution is -0.0231. The highest BCUT2D eigenvalue weighted by molar-refractivity contribution is 7.60. The van der Waals surface area contributed by atoms with Gasteiger partial charge in [-0.15, -0.1) is 0 Å². The Kier molecular flexibility index (Phi) is 4.41. The molecule has 2 heterocycles. The summed E-state index contributed by atoms with van der Waals surface area (Å²) >= 11 is 0. The van der Waals surface area contributed by atoms with E-state index >= 15 is 0 Å². The van der Waals surface area contributed by atoms with Crippen LogP contribution in [0.2, 0.25) is 0 Å². The monoisotopic (exact) mass is 248 g/mol. The van der Waals surface area contributed by atoms with E-state index in [1.807, 2.05) is 0 Å². The van der Waals surface area contributed by atoms with Crippen LogP contribution in [0, 0.1) is 0 Å². The molecular formula is C11H22O2P2. The average Bonchev–Trinajstić information content (AvgIpc) is 2.84. The van der Waals surface area contributed by atoms with Crippen molar-refractivity contribution in [2.75, 3.05) is 31.7 Å².